The number of carbonyl (C=O) groups is 4. The van der Waals surface area contributed by atoms with E-state index in [1.165, 1.54) is 6.92 Å². The maximum absolute atomic E-state index is 12.5. The van der Waals surface area contributed by atoms with Gasteiger partial charge < -0.3 is 25.2 Å². The first-order chi connectivity index (χ1) is 12.1. The van der Waals surface area contributed by atoms with Crippen LogP contribution in [0.25, 0.3) is 0 Å². The summed E-state index contributed by atoms with van der Waals surface area (Å²) in [5.41, 5.74) is -0.999. The second-order valence-corrected chi connectivity index (χ2v) is 7.72. The van der Waals surface area contributed by atoms with Crippen LogP contribution >= 0.6 is 11.8 Å². The van der Waals surface area contributed by atoms with Gasteiger partial charge in [-0.25, -0.2) is 4.79 Å². The van der Waals surface area contributed by atoms with Crippen molar-refractivity contribution in [3.05, 3.63) is 0 Å². The summed E-state index contributed by atoms with van der Waals surface area (Å²) in [6.07, 6.45) is -2.35. The van der Waals surface area contributed by atoms with Crippen molar-refractivity contribution in [1.82, 2.24) is 10.6 Å². The summed E-state index contributed by atoms with van der Waals surface area (Å²) in [6, 6.07) is 0. The normalized spacial score (nSPS) is 23.7. The first-order valence-electron chi connectivity index (χ1n) is 8.33. The Kier molecular flexibility index (Phi) is 8.86. The number of aliphatic hydroxyl groups is 1. The highest BCUT2D eigenvalue weighted by Gasteiger charge is 2.40. The molecule has 1 rings (SSSR count). The number of nitrogens with one attached hydrogen (secondary N) is 2. The van der Waals surface area contributed by atoms with Gasteiger partial charge in [0.25, 0.3) is 5.91 Å². The molecule has 26 heavy (non-hydrogen) atoms. The van der Waals surface area contributed by atoms with E-state index >= 15 is 0 Å². The van der Waals surface area contributed by atoms with Crippen molar-refractivity contribution in [1.29, 1.82) is 0 Å². The molecular formula is C16H26N2O7S. The third-order valence-corrected chi connectivity index (χ3v) is 4.28. The van der Waals surface area contributed by atoms with Crippen molar-refractivity contribution >= 4 is 34.8 Å². The number of hydrogen-bond acceptors (Lipinski definition) is 8. The highest BCUT2D eigenvalue weighted by Crippen LogP contribution is 2.26. The minimum absolute atomic E-state index is 0.0651. The molecule has 1 fully saturated rings. The number of carbonyl (C=O) groups excluding carboxylic acids is 4. The molecule has 0 aromatic carbocycles. The fourth-order valence-corrected chi connectivity index (χ4v) is 2.67. The van der Waals surface area contributed by atoms with Gasteiger partial charge in [0.05, 0.1) is 12.5 Å². The quantitative estimate of drug-likeness (QED) is 0.583. The molecule has 0 aliphatic carbocycles. The number of cyclic esters (lactones) is 1. The Morgan fingerprint density at radius 2 is 2.04 bits per heavy atom. The second kappa shape index (κ2) is 10.4. The topological polar surface area (TPSA) is 131 Å². The predicted molar refractivity (Wildman–Crippen MR) is 94.4 cm³/mol. The molecule has 1 aliphatic rings. The Hall–Kier alpha value is -1.81. The van der Waals surface area contributed by atoms with Crippen molar-refractivity contribution < 1.29 is 33.8 Å². The van der Waals surface area contributed by atoms with Crippen LogP contribution in [0.2, 0.25) is 0 Å². The van der Waals surface area contributed by atoms with Gasteiger partial charge in [0.15, 0.2) is 6.10 Å². The van der Waals surface area contributed by atoms with E-state index < -0.39 is 34.8 Å². The molecule has 1 saturated heterocycles. The molecule has 2 amide bonds. The minimum atomic E-state index is -1.24. The zero-order chi connectivity index (χ0) is 19.7. The zero-order valence-electron chi connectivity index (χ0n) is 15.2. The molecule has 3 N–H and O–H groups in total. The molecule has 148 valence electrons. The van der Waals surface area contributed by atoms with E-state index in [-0.39, 0.29) is 31.9 Å². The average Bonchev–Trinajstić information content (AvgIpc) is 2.53. The molecule has 0 spiro atoms. The molecule has 0 bridgehead atoms. The third-order valence-electron chi connectivity index (χ3n) is 3.52. The lowest BCUT2D eigenvalue weighted by atomic mass is 9.86. The van der Waals surface area contributed by atoms with Gasteiger partial charge in [-0.15, -0.1) is 0 Å². The number of rotatable bonds is 3. The number of thioether (sulfide) groups is 1. The summed E-state index contributed by atoms with van der Waals surface area (Å²) in [5, 5.41) is 13.9. The summed E-state index contributed by atoms with van der Waals surface area (Å²) in [7, 11) is 0. The molecule has 1 heterocycles. The van der Waals surface area contributed by atoms with Crippen LogP contribution in [0.15, 0.2) is 0 Å². The molecule has 9 nitrogen and oxygen atoms in total. The molecule has 0 radical (unpaired) electrons. The van der Waals surface area contributed by atoms with Crippen molar-refractivity contribution in [2.24, 2.45) is 5.41 Å². The molecule has 0 aromatic heterocycles. The summed E-state index contributed by atoms with van der Waals surface area (Å²) >= 11 is 0.913. The Morgan fingerprint density at radius 3 is 2.69 bits per heavy atom. The first kappa shape index (κ1) is 22.2. The van der Waals surface area contributed by atoms with Crippen LogP contribution in [0.4, 0.5) is 4.79 Å². The first-order valence-corrected chi connectivity index (χ1v) is 9.32. The van der Waals surface area contributed by atoms with Gasteiger partial charge in [0, 0.05) is 30.7 Å². The molecule has 2 atom stereocenters. The number of hydrogen-bond donors (Lipinski definition) is 3. The highest BCUT2D eigenvalue weighted by molar-refractivity contribution is 8.13. The van der Waals surface area contributed by atoms with Gasteiger partial charge in [-0.1, -0.05) is 13.8 Å². The maximum Gasteiger partial charge on any atom is 0.367 e. The van der Waals surface area contributed by atoms with Gasteiger partial charge in [-0.05, 0) is 18.7 Å². The standard InChI is InChI=1S/C16H26N2O7S/c1-10(19)8-12(21)25-13-14(22)18-5-4-11(20)17-6-7-26-15(23)24-9-16(13,2)3/h10,13,19H,4-9H2,1-3H3,(H,17,20)(H,18,22)/t10-,13-/m0/s1. The monoisotopic (exact) mass is 390 g/mol. The lowest BCUT2D eigenvalue weighted by molar-refractivity contribution is -0.166. The Morgan fingerprint density at radius 1 is 1.35 bits per heavy atom. The summed E-state index contributed by atoms with van der Waals surface area (Å²) in [5.74, 6) is -1.24. The van der Waals surface area contributed by atoms with Gasteiger partial charge in [-0.2, -0.15) is 0 Å². The summed E-state index contributed by atoms with van der Waals surface area (Å²) < 4.78 is 10.4. The Balaban J connectivity index is 2.90. The van der Waals surface area contributed by atoms with Gasteiger partial charge in [0.1, 0.15) is 6.61 Å². The van der Waals surface area contributed by atoms with E-state index in [4.69, 9.17) is 9.47 Å². The summed E-state index contributed by atoms with van der Waals surface area (Å²) in [6.45, 7) is 4.95. The minimum Gasteiger partial charge on any atom is -0.457 e. The Labute approximate surface area is 156 Å². The number of esters is 1. The number of ether oxygens (including phenoxy) is 2. The van der Waals surface area contributed by atoms with Crippen LogP contribution in [0, 0.1) is 5.41 Å². The van der Waals surface area contributed by atoms with E-state index in [2.05, 4.69) is 10.6 Å². The van der Waals surface area contributed by atoms with E-state index in [9.17, 15) is 24.3 Å². The Bertz CT molecular complexity index is 537. The van der Waals surface area contributed by atoms with Gasteiger partial charge >= 0.3 is 11.3 Å². The second-order valence-electron chi connectivity index (χ2n) is 6.69. The van der Waals surface area contributed by atoms with Crippen molar-refractivity contribution in [3.8, 4) is 0 Å². The van der Waals surface area contributed by atoms with Crippen molar-refractivity contribution in [3.63, 3.8) is 0 Å². The van der Waals surface area contributed by atoms with E-state index in [1.807, 2.05) is 0 Å². The lowest BCUT2D eigenvalue weighted by Crippen LogP contribution is -2.49. The van der Waals surface area contributed by atoms with Crippen LogP contribution in [0.1, 0.15) is 33.6 Å². The maximum atomic E-state index is 12.5. The molecular weight excluding hydrogens is 364 g/mol. The van der Waals surface area contributed by atoms with E-state index in [1.54, 1.807) is 13.8 Å². The van der Waals surface area contributed by atoms with Crippen LogP contribution in [0.3, 0.4) is 0 Å². The molecule has 0 aromatic rings. The van der Waals surface area contributed by atoms with Gasteiger partial charge in [-0.3, -0.25) is 14.4 Å². The smallest absolute Gasteiger partial charge is 0.367 e. The SMILES string of the molecule is C[C@H](O)CC(=O)O[C@H]1C(=O)NCCC(=O)NCCSC(=O)OCC1(C)C. The van der Waals surface area contributed by atoms with E-state index in [0.717, 1.165) is 11.8 Å². The van der Waals surface area contributed by atoms with Crippen LogP contribution in [0.5, 0.6) is 0 Å². The van der Waals surface area contributed by atoms with Gasteiger partial charge in [0.2, 0.25) is 5.91 Å². The molecule has 1 aliphatic heterocycles. The van der Waals surface area contributed by atoms with Crippen LogP contribution in [-0.2, 0) is 23.9 Å². The number of aliphatic hydroxyl groups excluding tert-OH is 1. The fourth-order valence-electron chi connectivity index (χ4n) is 2.16. The van der Waals surface area contributed by atoms with Crippen LogP contribution in [-0.4, -0.2) is 65.8 Å². The predicted octanol–water partition coefficient (Wildman–Crippen LogP) is 0.201. The zero-order valence-corrected chi connectivity index (χ0v) is 16.0. The lowest BCUT2D eigenvalue weighted by Gasteiger charge is -2.32. The van der Waals surface area contributed by atoms with Crippen LogP contribution < -0.4 is 10.6 Å². The largest absolute Gasteiger partial charge is 0.457 e. The van der Waals surface area contributed by atoms with Crippen molar-refractivity contribution in [2.45, 2.75) is 45.8 Å². The fraction of sp³-hybridized carbons (Fsp3) is 0.750. The molecule has 10 heteroatoms. The highest BCUT2D eigenvalue weighted by atomic mass is 32.2. The molecule has 0 unspecified atom stereocenters. The average molecular weight is 390 g/mol. The number of amides is 2. The molecule has 0 saturated carbocycles. The van der Waals surface area contributed by atoms with Crippen molar-refractivity contribution in [2.75, 3.05) is 25.4 Å². The van der Waals surface area contributed by atoms with E-state index in [0.29, 0.717) is 12.3 Å². The third kappa shape index (κ3) is 8.05. The summed E-state index contributed by atoms with van der Waals surface area (Å²) in [4.78, 5) is 47.8.